The second-order valence-electron chi connectivity index (χ2n) is 5.72. The largest absolute Gasteiger partial charge is 0.244 e. The first kappa shape index (κ1) is 12.7. The van der Waals surface area contributed by atoms with Gasteiger partial charge in [0.1, 0.15) is 12.7 Å². The van der Waals surface area contributed by atoms with Gasteiger partial charge in [0.15, 0.2) is 0 Å². The molecule has 0 spiro atoms. The Bertz CT molecular complexity index is 1300. The van der Waals surface area contributed by atoms with Crippen LogP contribution in [0.3, 0.4) is 0 Å². The number of nitrogens with zero attached hydrogens (tertiary/aromatic N) is 4. The van der Waals surface area contributed by atoms with E-state index in [1.54, 1.807) is 12.7 Å². The number of thiophene rings is 2. The molecule has 4 heterocycles. The van der Waals surface area contributed by atoms with E-state index in [4.69, 9.17) is 0 Å². The number of hydrogen-bond acceptors (Lipinski definition) is 6. The van der Waals surface area contributed by atoms with E-state index in [0.717, 1.165) is 21.8 Å². The third kappa shape index (κ3) is 1.61. The molecule has 112 valence electrons. The molecule has 4 nitrogen and oxygen atoms in total. The first-order valence-electron chi connectivity index (χ1n) is 7.45. The Morgan fingerprint density at radius 3 is 1.96 bits per heavy atom. The van der Waals surface area contributed by atoms with Crippen molar-refractivity contribution in [3.8, 4) is 0 Å². The minimum absolute atomic E-state index is 0.991. The predicted molar refractivity (Wildman–Crippen MR) is 101 cm³/mol. The van der Waals surface area contributed by atoms with Crippen molar-refractivity contribution in [3.05, 3.63) is 49.3 Å². The zero-order valence-electron chi connectivity index (χ0n) is 12.2. The molecule has 0 bridgehead atoms. The van der Waals surface area contributed by atoms with Crippen molar-refractivity contribution in [1.29, 1.82) is 0 Å². The Morgan fingerprint density at radius 2 is 1.21 bits per heavy atom. The maximum absolute atomic E-state index is 4.40. The molecular weight excluding hydrogens is 336 g/mol. The van der Waals surface area contributed by atoms with Gasteiger partial charge in [-0.1, -0.05) is 0 Å². The molecule has 0 amide bonds. The van der Waals surface area contributed by atoms with Gasteiger partial charge in [-0.2, -0.15) is 0 Å². The summed E-state index contributed by atoms with van der Waals surface area (Å²) in [6, 6.07) is 8.75. The maximum atomic E-state index is 4.40. The second-order valence-corrected chi connectivity index (χ2v) is 7.83. The van der Waals surface area contributed by atoms with E-state index >= 15 is 0 Å². The molecule has 6 rings (SSSR count). The maximum Gasteiger partial charge on any atom is 0.116 e. The second kappa shape index (κ2) is 4.43. The molecule has 6 heteroatoms. The Labute approximate surface area is 143 Å². The van der Waals surface area contributed by atoms with Crippen LogP contribution in [0.25, 0.3) is 51.4 Å². The molecular formula is C18H8N4S2. The summed E-state index contributed by atoms with van der Waals surface area (Å²) >= 11 is 3.66. The third-order valence-corrected chi connectivity index (χ3v) is 6.83. The van der Waals surface area contributed by atoms with Gasteiger partial charge >= 0.3 is 0 Å². The average molecular weight is 344 g/mol. The fraction of sp³-hybridized carbons (Fsp3) is 0. The predicted octanol–water partition coefficient (Wildman–Crippen LogP) is 5.16. The highest BCUT2D eigenvalue weighted by Gasteiger charge is 2.14. The topological polar surface area (TPSA) is 51.6 Å². The lowest BCUT2D eigenvalue weighted by molar-refractivity contribution is 1.22. The molecule has 0 radical (unpaired) electrons. The van der Waals surface area contributed by atoms with Crippen molar-refractivity contribution in [1.82, 2.24) is 19.9 Å². The van der Waals surface area contributed by atoms with Gasteiger partial charge in [-0.05, 0) is 24.3 Å². The molecule has 0 saturated heterocycles. The number of hydrogen-bond donors (Lipinski definition) is 0. The molecule has 0 N–H and O–H groups in total. The highest BCUT2D eigenvalue weighted by molar-refractivity contribution is 7.36. The van der Waals surface area contributed by atoms with Crippen molar-refractivity contribution in [2.75, 3.05) is 0 Å². The first-order valence-corrected chi connectivity index (χ1v) is 9.08. The normalized spacial score (nSPS) is 12.2. The zero-order chi connectivity index (χ0) is 15.7. The van der Waals surface area contributed by atoms with Crippen molar-refractivity contribution in [2.24, 2.45) is 0 Å². The number of rotatable bonds is 0. The van der Waals surface area contributed by atoms with Gasteiger partial charge in [-0.15, -0.1) is 22.7 Å². The van der Waals surface area contributed by atoms with Gasteiger partial charge in [0, 0.05) is 43.3 Å². The van der Waals surface area contributed by atoms with Crippen molar-refractivity contribution in [3.63, 3.8) is 0 Å². The Kier molecular flexibility index (Phi) is 2.34. The van der Waals surface area contributed by atoms with Gasteiger partial charge in [-0.3, -0.25) is 0 Å². The molecule has 24 heavy (non-hydrogen) atoms. The van der Waals surface area contributed by atoms with E-state index in [2.05, 4.69) is 44.2 Å². The minimum Gasteiger partial charge on any atom is -0.244 e. The van der Waals surface area contributed by atoms with E-state index in [-0.39, 0.29) is 0 Å². The summed E-state index contributed by atoms with van der Waals surface area (Å²) < 4.78 is 5.21. The third-order valence-electron chi connectivity index (χ3n) is 4.33. The van der Waals surface area contributed by atoms with Crippen LogP contribution in [0.5, 0.6) is 0 Å². The van der Waals surface area contributed by atoms with E-state index in [1.165, 1.54) is 29.6 Å². The summed E-state index contributed by atoms with van der Waals surface area (Å²) in [5.41, 5.74) is 1.99. The number of benzene rings is 2. The molecule has 2 aromatic carbocycles. The van der Waals surface area contributed by atoms with Crippen LogP contribution >= 0.6 is 22.7 Å². The lowest BCUT2D eigenvalue weighted by Crippen LogP contribution is -1.79. The van der Waals surface area contributed by atoms with Crippen molar-refractivity contribution in [2.45, 2.75) is 0 Å². The van der Waals surface area contributed by atoms with Crippen LogP contribution in [0.4, 0.5) is 0 Å². The molecule has 0 aliphatic rings. The van der Waals surface area contributed by atoms with Crippen LogP contribution in [0.2, 0.25) is 0 Å². The number of aromatic nitrogens is 4. The summed E-state index contributed by atoms with van der Waals surface area (Å²) in [5, 5.41) is 4.73. The molecule has 0 unspecified atom stereocenters. The Hall–Kier alpha value is -2.70. The van der Waals surface area contributed by atoms with Crippen LogP contribution in [0, 0.1) is 0 Å². The molecule has 0 fully saturated rings. The van der Waals surface area contributed by atoms with Crippen LogP contribution < -0.4 is 0 Å². The lowest BCUT2D eigenvalue weighted by atomic mass is 10.1. The van der Waals surface area contributed by atoms with Crippen molar-refractivity contribution < 1.29 is 0 Å². The summed E-state index contributed by atoms with van der Waals surface area (Å²) in [4.78, 5) is 17.0. The minimum atomic E-state index is 0.991. The fourth-order valence-corrected chi connectivity index (χ4v) is 5.89. The Balaban J connectivity index is 1.81. The molecule has 6 aromatic rings. The summed E-state index contributed by atoms with van der Waals surface area (Å²) in [6.45, 7) is 0. The van der Waals surface area contributed by atoms with E-state index in [0.29, 0.717) is 0 Å². The van der Waals surface area contributed by atoms with Crippen LogP contribution in [0.1, 0.15) is 0 Å². The van der Waals surface area contributed by atoms with Crippen molar-refractivity contribution >= 4 is 74.1 Å². The lowest BCUT2D eigenvalue weighted by Gasteiger charge is -1.97. The Morgan fingerprint density at radius 1 is 0.625 bits per heavy atom. The summed E-state index contributed by atoms with van der Waals surface area (Å²) in [7, 11) is 0. The average Bonchev–Trinajstić information content (AvgIpc) is 3.13. The summed E-state index contributed by atoms with van der Waals surface area (Å²) in [6.07, 6.45) is 6.96. The van der Waals surface area contributed by atoms with Gasteiger partial charge in [0.25, 0.3) is 0 Å². The van der Waals surface area contributed by atoms with Gasteiger partial charge < -0.3 is 0 Å². The van der Waals surface area contributed by atoms with E-state index in [9.17, 15) is 0 Å². The number of fused-ring (bicyclic) bond motifs is 7. The van der Waals surface area contributed by atoms with Crippen LogP contribution in [-0.2, 0) is 0 Å². The van der Waals surface area contributed by atoms with Crippen LogP contribution in [0.15, 0.2) is 49.3 Å². The monoisotopic (exact) mass is 344 g/mol. The molecule has 4 aromatic heterocycles. The molecule has 0 saturated carbocycles. The van der Waals surface area contributed by atoms with Crippen LogP contribution in [-0.4, -0.2) is 19.9 Å². The summed E-state index contributed by atoms with van der Waals surface area (Å²) in [5.74, 6) is 0. The fourth-order valence-electron chi connectivity index (χ4n) is 3.21. The standard InChI is InChI=1S/C18H8N4S2/c1-9-5-19-8-22-14(9)4-16-11(1)17-18(24-16)12-3-13-10(2-15(12)23-17)6-20-7-21-13/h1-8H. The molecule has 0 aliphatic carbocycles. The highest BCUT2D eigenvalue weighted by Crippen LogP contribution is 2.45. The first-order chi connectivity index (χ1) is 11.9. The van der Waals surface area contributed by atoms with Gasteiger partial charge in [0.2, 0.25) is 0 Å². The highest BCUT2D eigenvalue weighted by atomic mass is 32.1. The van der Waals surface area contributed by atoms with E-state index in [1.807, 2.05) is 35.1 Å². The quantitative estimate of drug-likeness (QED) is 0.382. The molecule has 0 aliphatic heterocycles. The van der Waals surface area contributed by atoms with Gasteiger partial charge in [-0.25, -0.2) is 19.9 Å². The van der Waals surface area contributed by atoms with E-state index < -0.39 is 0 Å². The SMILES string of the molecule is c1ncc2cc3c(cc2n1)sc1c2cc4ncncc4cc2sc31. The van der Waals surface area contributed by atoms with Gasteiger partial charge in [0.05, 0.1) is 20.4 Å². The zero-order valence-corrected chi connectivity index (χ0v) is 13.9. The smallest absolute Gasteiger partial charge is 0.116 e. The molecule has 0 atom stereocenters.